The zero-order valence-electron chi connectivity index (χ0n) is 19.0. The first-order valence-corrected chi connectivity index (χ1v) is 12.4. The number of hydrogen-bond acceptors (Lipinski definition) is 9. The van der Waals surface area contributed by atoms with Crippen molar-refractivity contribution < 1.29 is 14.3 Å². The van der Waals surface area contributed by atoms with Crippen LogP contribution in [0.5, 0.6) is 5.88 Å². The number of hydrogen-bond donors (Lipinski definition) is 3. The second-order valence-electron chi connectivity index (χ2n) is 9.62. The SMILES string of the molecule is Cc1ccc2c(N)c(C(=O)N[C@H]3COc4nc(N5C[C@H](N)[C@@]6(CCOC6)C5)ccc4C3)sc2n1. The number of nitrogens with zero attached hydrogens (tertiary/aromatic N) is 3. The summed E-state index contributed by atoms with van der Waals surface area (Å²) in [6, 6.07) is 7.79. The number of amides is 1. The molecule has 3 aliphatic rings. The van der Waals surface area contributed by atoms with E-state index in [4.69, 9.17) is 25.9 Å². The van der Waals surface area contributed by atoms with Gasteiger partial charge in [-0.15, -0.1) is 11.3 Å². The quantitative estimate of drug-likeness (QED) is 0.518. The van der Waals surface area contributed by atoms with Gasteiger partial charge in [0.15, 0.2) is 0 Å². The third-order valence-corrected chi connectivity index (χ3v) is 8.37. The Morgan fingerprint density at radius 2 is 2.18 bits per heavy atom. The summed E-state index contributed by atoms with van der Waals surface area (Å²) in [6.45, 7) is 5.38. The summed E-state index contributed by atoms with van der Waals surface area (Å²) in [6.07, 6.45) is 1.64. The Morgan fingerprint density at radius 3 is 3.00 bits per heavy atom. The lowest BCUT2D eigenvalue weighted by Gasteiger charge is -2.27. The van der Waals surface area contributed by atoms with E-state index in [9.17, 15) is 4.79 Å². The Morgan fingerprint density at radius 1 is 1.29 bits per heavy atom. The molecular formula is C24H28N6O3S. The minimum Gasteiger partial charge on any atom is -0.475 e. The molecular weight excluding hydrogens is 452 g/mol. The van der Waals surface area contributed by atoms with Crippen LogP contribution in [0.2, 0.25) is 0 Å². The molecule has 0 unspecified atom stereocenters. The number of carbonyl (C=O) groups excluding carboxylic acids is 1. The molecule has 0 aromatic carbocycles. The molecule has 3 aromatic rings. The number of nitrogens with two attached hydrogens (primary N) is 2. The van der Waals surface area contributed by atoms with Crippen molar-refractivity contribution in [2.75, 3.05) is 43.5 Å². The maximum Gasteiger partial charge on any atom is 0.263 e. The molecule has 3 atom stereocenters. The predicted molar refractivity (Wildman–Crippen MR) is 132 cm³/mol. The number of carbonyl (C=O) groups is 1. The minimum absolute atomic E-state index is 0.0243. The lowest BCUT2D eigenvalue weighted by atomic mass is 9.83. The summed E-state index contributed by atoms with van der Waals surface area (Å²) >= 11 is 1.32. The smallest absolute Gasteiger partial charge is 0.263 e. The number of thiophene rings is 1. The third-order valence-electron chi connectivity index (χ3n) is 7.25. The first-order chi connectivity index (χ1) is 16.4. The van der Waals surface area contributed by atoms with Gasteiger partial charge >= 0.3 is 0 Å². The van der Waals surface area contributed by atoms with Gasteiger partial charge in [-0.2, -0.15) is 4.98 Å². The van der Waals surface area contributed by atoms with Crippen molar-refractivity contribution in [2.45, 2.75) is 31.8 Å². The van der Waals surface area contributed by atoms with E-state index in [1.807, 2.05) is 31.2 Å². The largest absolute Gasteiger partial charge is 0.475 e. The standard InChI is InChI=1S/C24H28N6O3S/c1-13-2-4-16-19(26)20(34-23(16)27-13)21(31)28-15-8-14-3-5-18(29-22(14)33-10-15)30-9-17(25)24(11-30)6-7-32-12-24/h2-5,15,17H,6-12,25-26H2,1H3,(H,28,31)/t15-,17+,24+/m1/s1. The summed E-state index contributed by atoms with van der Waals surface area (Å²) < 4.78 is 11.6. The van der Waals surface area contributed by atoms with Crippen LogP contribution in [-0.4, -0.2) is 60.9 Å². The molecule has 0 radical (unpaired) electrons. The van der Waals surface area contributed by atoms with Crippen LogP contribution in [0.25, 0.3) is 10.2 Å². The van der Waals surface area contributed by atoms with Crippen molar-refractivity contribution in [3.8, 4) is 5.88 Å². The Balaban J connectivity index is 1.15. The van der Waals surface area contributed by atoms with Crippen LogP contribution in [0.1, 0.15) is 27.3 Å². The van der Waals surface area contributed by atoms with E-state index in [0.29, 0.717) is 36.1 Å². The van der Waals surface area contributed by atoms with Gasteiger partial charge in [-0.05, 0) is 37.6 Å². The van der Waals surface area contributed by atoms with Crippen molar-refractivity contribution in [1.82, 2.24) is 15.3 Å². The zero-order valence-corrected chi connectivity index (χ0v) is 19.9. The molecule has 9 nitrogen and oxygen atoms in total. The van der Waals surface area contributed by atoms with Crippen LogP contribution in [-0.2, 0) is 11.2 Å². The summed E-state index contributed by atoms with van der Waals surface area (Å²) in [4.78, 5) is 25.7. The maximum absolute atomic E-state index is 13.0. The number of ether oxygens (including phenoxy) is 2. The van der Waals surface area contributed by atoms with Gasteiger partial charge in [0.1, 0.15) is 22.1 Å². The van der Waals surface area contributed by atoms with Crippen LogP contribution in [0.3, 0.4) is 0 Å². The summed E-state index contributed by atoms with van der Waals surface area (Å²) in [5.74, 6) is 1.30. The van der Waals surface area contributed by atoms with Crippen LogP contribution >= 0.6 is 11.3 Å². The molecule has 34 heavy (non-hydrogen) atoms. The van der Waals surface area contributed by atoms with Gasteiger partial charge < -0.3 is 31.2 Å². The van der Waals surface area contributed by atoms with Crippen molar-refractivity contribution in [3.63, 3.8) is 0 Å². The average molecular weight is 481 g/mol. The highest BCUT2D eigenvalue weighted by Gasteiger charge is 2.47. The molecule has 6 heterocycles. The van der Waals surface area contributed by atoms with Gasteiger partial charge in [-0.25, -0.2) is 4.98 Å². The lowest BCUT2D eigenvalue weighted by molar-refractivity contribution is 0.0918. The molecule has 0 saturated carbocycles. The number of aromatic nitrogens is 2. The zero-order chi connectivity index (χ0) is 23.4. The van der Waals surface area contributed by atoms with E-state index in [1.54, 1.807) is 0 Å². The van der Waals surface area contributed by atoms with Crippen molar-refractivity contribution >= 4 is 39.0 Å². The van der Waals surface area contributed by atoms with E-state index in [2.05, 4.69) is 15.2 Å². The molecule has 2 saturated heterocycles. The monoisotopic (exact) mass is 480 g/mol. The van der Waals surface area contributed by atoms with Gasteiger partial charge in [0.25, 0.3) is 5.91 Å². The molecule has 5 N–H and O–H groups in total. The molecule has 2 fully saturated rings. The van der Waals surface area contributed by atoms with Crippen LogP contribution in [0.4, 0.5) is 11.5 Å². The van der Waals surface area contributed by atoms with Gasteiger partial charge in [-0.3, -0.25) is 4.79 Å². The Labute approximate surface area is 201 Å². The summed E-state index contributed by atoms with van der Waals surface area (Å²) in [5, 5.41) is 3.89. The number of rotatable bonds is 3. The maximum atomic E-state index is 13.0. The fourth-order valence-corrected chi connectivity index (χ4v) is 6.27. The number of aryl methyl sites for hydroxylation is 1. The molecule has 3 aliphatic heterocycles. The molecule has 1 spiro atoms. The normalized spacial score (nSPS) is 26.1. The van der Waals surface area contributed by atoms with E-state index < -0.39 is 0 Å². The first kappa shape index (κ1) is 21.6. The van der Waals surface area contributed by atoms with Crippen molar-refractivity contribution in [3.05, 3.63) is 40.4 Å². The predicted octanol–water partition coefficient (Wildman–Crippen LogP) is 1.87. The van der Waals surface area contributed by atoms with Crippen molar-refractivity contribution in [1.29, 1.82) is 0 Å². The molecule has 3 aromatic heterocycles. The fourth-order valence-electron chi connectivity index (χ4n) is 5.23. The van der Waals surface area contributed by atoms with Gasteiger partial charge in [-0.1, -0.05) is 0 Å². The van der Waals surface area contributed by atoms with Crippen LogP contribution < -0.4 is 26.4 Å². The van der Waals surface area contributed by atoms with Crippen LogP contribution in [0.15, 0.2) is 24.3 Å². The lowest BCUT2D eigenvalue weighted by Crippen LogP contribution is -2.43. The molecule has 1 amide bonds. The number of nitrogens with one attached hydrogen (secondary N) is 1. The Hall–Kier alpha value is -2.95. The fraction of sp³-hybridized carbons (Fsp3) is 0.458. The highest BCUT2D eigenvalue weighted by atomic mass is 32.1. The number of anilines is 2. The number of pyridine rings is 2. The highest BCUT2D eigenvalue weighted by molar-refractivity contribution is 7.21. The highest BCUT2D eigenvalue weighted by Crippen LogP contribution is 2.40. The Bertz CT molecular complexity index is 1270. The second kappa shape index (κ2) is 8.07. The van der Waals surface area contributed by atoms with Gasteiger partial charge in [0.05, 0.1) is 18.3 Å². The van der Waals surface area contributed by atoms with Crippen molar-refractivity contribution in [2.24, 2.45) is 11.1 Å². The van der Waals surface area contributed by atoms with Gasteiger partial charge in [0.2, 0.25) is 5.88 Å². The number of fused-ring (bicyclic) bond motifs is 2. The van der Waals surface area contributed by atoms with E-state index in [0.717, 1.165) is 53.4 Å². The minimum atomic E-state index is -0.199. The summed E-state index contributed by atoms with van der Waals surface area (Å²) in [7, 11) is 0. The molecule has 178 valence electrons. The van der Waals surface area contributed by atoms with E-state index >= 15 is 0 Å². The summed E-state index contributed by atoms with van der Waals surface area (Å²) in [5.41, 5.74) is 15.1. The van der Waals surface area contributed by atoms with E-state index in [-0.39, 0.29) is 23.4 Å². The first-order valence-electron chi connectivity index (χ1n) is 11.6. The molecule has 0 bridgehead atoms. The topological polar surface area (TPSA) is 129 Å². The number of nitrogen functional groups attached to an aromatic ring is 1. The van der Waals surface area contributed by atoms with Crippen LogP contribution in [0, 0.1) is 12.3 Å². The third kappa shape index (κ3) is 3.57. The molecule has 6 rings (SSSR count). The second-order valence-corrected chi connectivity index (χ2v) is 10.6. The Kier molecular flexibility index (Phi) is 5.12. The van der Waals surface area contributed by atoms with E-state index in [1.165, 1.54) is 11.3 Å². The molecule has 0 aliphatic carbocycles. The average Bonchev–Trinajstić information content (AvgIpc) is 3.52. The molecule has 10 heteroatoms. The van der Waals surface area contributed by atoms with Gasteiger partial charge in [0, 0.05) is 54.2 Å².